The largest absolute Gasteiger partial charge is 0.494 e. The molecule has 0 unspecified atom stereocenters. The summed E-state index contributed by atoms with van der Waals surface area (Å²) in [7, 11) is 1.40. The lowest BCUT2D eigenvalue weighted by Gasteiger charge is -2.16. The maximum absolute atomic E-state index is 13.6. The van der Waals surface area contributed by atoms with Crippen molar-refractivity contribution in [2.45, 2.75) is 19.5 Å². The van der Waals surface area contributed by atoms with E-state index in [2.05, 4.69) is 10.6 Å². The Morgan fingerprint density at radius 1 is 1.25 bits per heavy atom. The molecule has 0 bridgehead atoms. The Hall–Kier alpha value is -1.98. The van der Waals surface area contributed by atoms with Gasteiger partial charge in [0.1, 0.15) is 0 Å². The van der Waals surface area contributed by atoms with Gasteiger partial charge < -0.3 is 15.4 Å². The maximum Gasteiger partial charge on any atom is 0.315 e. The Morgan fingerprint density at radius 2 is 2.00 bits per heavy atom. The number of halogens is 3. The van der Waals surface area contributed by atoms with Crippen LogP contribution in [-0.2, 0) is 6.54 Å². The lowest BCUT2D eigenvalue weighted by Crippen LogP contribution is -2.36. The number of hydrogen-bond donors (Lipinski definition) is 2. The highest BCUT2D eigenvalue weighted by Gasteiger charge is 2.13. The van der Waals surface area contributed by atoms with E-state index in [0.717, 1.165) is 5.56 Å². The summed E-state index contributed by atoms with van der Waals surface area (Å²) in [4.78, 5) is 12.0. The fourth-order valence-corrected chi connectivity index (χ4v) is 2.75. The van der Waals surface area contributed by atoms with Crippen molar-refractivity contribution in [1.82, 2.24) is 10.6 Å². The second kappa shape index (κ2) is 8.22. The van der Waals surface area contributed by atoms with E-state index >= 15 is 0 Å². The molecule has 0 aliphatic heterocycles. The van der Waals surface area contributed by atoms with E-state index < -0.39 is 5.82 Å². The fraction of sp³-hybridized carbons (Fsp3) is 0.235. The first-order chi connectivity index (χ1) is 11.4. The number of methoxy groups -OCH3 is 1. The van der Waals surface area contributed by atoms with Gasteiger partial charge in [-0.05, 0) is 42.3 Å². The molecule has 2 aromatic rings. The van der Waals surface area contributed by atoms with Gasteiger partial charge in [-0.3, -0.25) is 0 Å². The zero-order valence-corrected chi connectivity index (χ0v) is 14.7. The average molecular weight is 371 g/mol. The van der Waals surface area contributed by atoms with Gasteiger partial charge in [0.15, 0.2) is 11.6 Å². The minimum Gasteiger partial charge on any atom is -0.494 e. The van der Waals surface area contributed by atoms with E-state index in [1.54, 1.807) is 24.3 Å². The van der Waals surface area contributed by atoms with Crippen molar-refractivity contribution in [3.05, 3.63) is 63.4 Å². The lowest BCUT2D eigenvalue weighted by molar-refractivity contribution is 0.237. The normalized spacial score (nSPS) is 11.7. The summed E-state index contributed by atoms with van der Waals surface area (Å²) in [6.07, 6.45) is 0. The van der Waals surface area contributed by atoms with Crippen LogP contribution in [0.2, 0.25) is 10.0 Å². The molecule has 0 aliphatic rings. The van der Waals surface area contributed by atoms with Crippen molar-refractivity contribution < 1.29 is 13.9 Å². The Balaban J connectivity index is 1.92. The van der Waals surface area contributed by atoms with Crippen molar-refractivity contribution >= 4 is 29.2 Å². The van der Waals surface area contributed by atoms with Crippen LogP contribution in [0.4, 0.5) is 9.18 Å². The van der Waals surface area contributed by atoms with Crippen molar-refractivity contribution in [2.24, 2.45) is 0 Å². The molecule has 0 aromatic heterocycles. The van der Waals surface area contributed by atoms with E-state index in [9.17, 15) is 9.18 Å². The number of ether oxygens (including phenoxy) is 1. The molecular weight excluding hydrogens is 354 g/mol. The molecule has 4 nitrogen and oxygen atoms in total. The molecule has 0 heterocycles. The molecule has 128 valence electrons. The molecule has 0 radical (unpaired) electrons. The molecule has 2 aromatic carbocycles. The number of benzene rings is 2. The predicted octanol–water partition coefficient (Wildman–Crippen LogP) is 4.70. The van der Waals surface area contributed by atoms with Crippen LogP contribution in [0, 0.1) is 5.82 Å². The van der Waals surface area contributed by atoms with Gasteiger partial charge in [-0.15, -0.1) is 0 Å². The summed E-state index contributed by atoms with van der Waals surface area (Å²) in [6, 6.07) is 8.91. The quantitative estimate of drug-likeness (QED) is 0.800. The number of amides is 2. The fourth-order valence-electron chi connectivity index (χ4n) is 2.18. The molecule has 2 rings (SSSR count). The van der Waals surface area contributed by atoms with E-state index in [1.165, 1.54) is 19.2 Å². The van der Waals surface area contributed by atoms with Gasteiger partial charge >= 0.3 is 6.03 Å². The first-order valence-electron chi connectivity index (χ1n) is 7.22. The average Bonchev–Trinajstić information content (AvgIpc) is 2.52. The molecule has 0 saturated heterocycles. The van der Waals surface area contributed by atoms with Crippen molar-refractivity contribution in [1.29, 1.82) is 0 Å². The van der Waals surface area contributed by atoms with Gasteiger partial charge in [-0.25, -0.2) is 9.18 Å². The third-order valence-electron chi connectivity index (χ3n) is 3.45. The van der Waals surface area contributed by atoms with Crippen LogP contribution in [0.1, 0.15) is 24.1 Å². The SMILES string of the molecule is COc1ccc(CNC(=O)N[C@@H](C)c2ccc(Cl)cc2Cl)cc1F. The molecule has 0 saturated carbocycles. The van der Waals surface area contributed by atoms with Gasteiger partial charge in [0, 0.05) is 16.6 Å². The third-order valence-corrected chi connectivity index (χ3v) is 4.01. The Labute approximate surface area is 149 Å². The highest BCUT2D eigenvalue weighted by atomic mass is 35.5. The van der Waals surface area contributed by atoms with E-state index in [-0.39, 0.29) is 24.4 Å². The third kappa shape index (κ3) is 4.76. The molecule has 1 atom stereocenters. The van der Waals surface area contributed by atoms with E-state index in [4.69, 9.17) is 27.9 Å². The summed E-state index contributed by atoms with van der Waals surface area (Å²) in [5.74, 6) is -0.312. The molecule has 2 amide bonds. The highest BCUT2D eigenvalue weighted by molar-refractivity contribution is 6.35. The van der Waals surface area contributed by atoms with Gasteiger partial charge in [0.2, 0.25) is 0 Å². The highest BCUT2D eigenvalue weighted by Crippen LogP contribution is 2.26. The maximum atomic E-state index is 13.6. The lowest BCUT2D eigenvalue weighted by atomic mass is 10.1. The van der Waals surface area contributed by atoms with Gasteiger partial charge in [0.25, 0.3) is 0 Å². The molecule has 0 fully saturated rings. The summed E-state index contributed by atoms with van der Waals surface area (Å²) >= 11 is 12.0. The second-order valence-electron chi connectivity index (χ2n) is 5.18. The summed E-state index contributed by atoms with van der Waals surface area (Å²) in [5.41, 5.74) is 1.38. The predicted molar refractivity (Wildman–Crippen MR) is 93.2 cm³/mol. The molecular formula is C17H17Cl2FN2O2. The van der Waals surface area contributed by atoms with Gasteiger partial charge in [-0.2, -0.15) is 0 Å². The van der Waals surface area contributed by atoms with Crippen LogP contribution in [0.25, 0.3) is 0 Å². The Bertz CT molecular complexity index is 741. The topological polar surface area (TPSA) is 50.4 Å². The van der Waals surface area contributed by atoms with Crippen LogP contribution >= 0.6 is 23.2 Å². The van der Waals surface area contributed by atoms with Gasteiger partial charge in [0.05, 0.1) is 13.2 Å². The number of carbonyl (C=O) groups excluding carboxylic acids is 1. The number of urea groups is 1. The Kier molecular flexibility index (Phi) is 6.29. The standard InChI is InChI=1S/C17H17Cl2FN2O2/c1-10(13-5-4-12(18)8-14(13)19)22-17(23)21-9-11-3-6-16(24-2)15(20)7-11/h3-8,10H,9H2,1-2H3,(H2,21,22,23)/t10-/m0/s1. The zero-order valence-electron chi connectivity index (χ0n) is 13.2. The number of hydrogen-bond acceptors (Lipinski definition) is 2. The summed E-state index contributed by atoms with van der Waals surface area (Å²) in [5, 5.41) is 6.45. The summed E-state index contributed by atoms with van der Waals surface area (Å²) in [6.45, 7) is 2.00. The number of carbonyl (C=O) groups is 1. The van der Waals surface area contributed by atoms with Crippen LogP contribution < -0.4 is 15.4 Å². The molecule has 24 heavy (non-hydrogen) atoms. The van der Waals surface area contributed by atoms with Crippen LogP contribution in [-0.4, -0.2) is 13.1 Å². The van der Waals surface area contributed by atoms with E-state index in [1.807, 2.05) is 6.92 Å². The minimum atomic E-state index is -0.474. The summed E-state index contributed by atoms with van der Waals surface area (Å²) < 4.78 is 18.5. The van der Waals surface area contributed by atoms with Crippen molar-refractivity contribution in [3.63, 3.8) is 0 Å². The first-order valence-corrected chi connectivity index (χ1v) is 7.98. The minimum absolute atomic E-state index is 0.161. The first kappa shape index (κ1) is 18.4. The van der Waals surface area contributed by atoms with E-state index in [0.29, 0.717) is 15.6 Å². The van der Waals surface area contributed by atoms with Crippen LogP contribution in [0.5, 0.6) is 5.75 Å². The Morgan fingerprint density at radius 3 is 2.62 bits per heavy atom. The second-order valence-corrected chi connectivity index (χ2v) is 6.03. The van der Waals surface area contributed by atoms with Crippen molar-refractivity contribution in [2.75, 3.05) is 7.11 Å². The zero-order chi connectivity index (χ0) is 17.7. The molecule has 2 N–H and O–H groups in total. The smallest absolute Gasteiger partial charge is 0.315 e. The monoisotopic (exact) mass is 370 g/mol. The van der Waals surface area contributed by atoms with Crippen LogP contribution in [0.15, 0.2) is 36.4 Å². The van der Waals surface area contributed by atoms with Crippen molar-refractivity contribution in [3.8, 4) is 5.75 Å². The molecule has 0 aliphatic carbocycles. The number of rotatable bonds is 5. The number of nitrogens with one attached hydrogen (secondary N) is 2. The van der Waals surface area contributed by atoms with Gasteiger partial charge in [-0.1, -0.05) is 35.3 Å². The van der Waals surface area contributed by atoms with Crippen LogP contribution in [0.3, 0.4) is 0 Å². The molecule has 7 heteroatoms. The molecule has 0 spiro atoms.